The first-order valence-electron chi connectivity index (χ1n) is 9.82. The summed E-state index contributed by atoms with van der Waals surface area (Å²) in [6.45, 7) is 8.56. The summed E-state index contributed by atoms with van der Waals surface area (Å²) in [6.07, 6.45) is 0.394. The summed E-state index contributed by atoms with van der Waals surface area (Å²) in [5, 5.41) is 0.614. The van der Waals surface area contributed by atoms with Crippen LogP contribution in [0.15, 0.2) is 34.5 Å². The number of carbonyl (C=O) groups excluding carboxylic acids is 2. The third-order valence-corrected chi connectivity index (χ3v) is 5.54. The van der Waals surface area contributed by atoms with E-state index in [2.05, 4.69) is 4.99 Å². The second-order valence-corrected chi connectivity index (χ2v) is 7.51. The lowest BCUT2D eigenvalue weighted by Gasteiger charge is -2.39. The van der Waals surface area contributed by atoms with Gasteiger partial charge in [-0.2, -0.15) is 0 Å². The number of hydrogen-bond donors (Lipinski definition) is 0. The van der Waals surface area contributed by atoms with Crippen molar-refractivity contribution in [2.45, 2.75) is 40.2 Å². The number of aliphatic imine (C=N–C) groups is 1. The Balaban J connectivity index is 2.14. The Bertz CT molecular complexity index is 865. The SMILES string of the molecule is CCOC(=O)C1=C(C)N=C2SCCC(=O)N2C1c1ccc(OCC)c(OCC)c1. The number of amidine groups is 1. The summed E-state index contributed by atoms with van der Waals surface area (Å²) < 4.78 is 16.7. The van der Waals surface area contributed by atoms with Gasteiger partial charge in [0.15, 0.2) is 16.7 Å². The summed E-state index contributed by atoms with van der Waals surface area (Å²) in [7, 11) is 0. The molecule has 2 heterocycles. The Kier molecular flexibility index (Phi) is 6.84. The zero-order chi connectivity index (χ0) is 21.0. The number of ether oxygens (including phenoxy) is 3. The normalized spacial score (nSPS) is 18.9. The minimum atomic E-state index is -0.614. The van der Waals surface area contributed by atoms with E-state index >= 15 is 0 Å². The number of thioether (sulfide) groups is 1. The van der Waals surface area contributed by atoms with Crippen LogP contribution in [0.1, 0.15) is 45.7 Å². The third-order valence-electron chi connectivity index (χ3n) is 4.59. The summed E-state index contributed by atoms with van der Waals surface area (Å²) in [6, 6.07) is 4.90. The second-order valence-electron chi connectivity index (χ2n) is 6.45. The summed E-state index contributed by atoms with van der Waals surface area (Å²) in [4.78, 5) is 31.8. The first-order chi connectivity index (χ1) is 14.0. The molecule has 1 amide bonds. The third kappa shape index (κ3) is 4.27. The van der Waals surface area contributed by atoms with E-state index in [0.717, 1.165) is 5.56 Å². The highest BCUT2D eigenvalue weighted by atomic mass is 32.2. The highest BCUT2D eigenvalue weighted by molar-refractivity contribution is 8.14. The van der Waals surface area contributed by atoms with E-state index in [1.54, 1.807) is 18.7 Å². The van der Waals surface area contributed by atoms with Gasteiger partial charge in [0.1, 0.15) is 0 Å². The maximum absolute atomic E-state index is 12.8. The Morgan fingerprint density at radius 3 is 2.59 bits per heavy atom. The van der Waals surface area contributed by atoms with Gasteiger partial charge in [-0.05, 0) is 45.4 Å². The minimum absolute atomic E-state index is 0.0614. The van der Waals surface area contributed by atoms with Crippen LogP contribution in [0.5, 0.6) is 11.5 Å². The molecule has 1 unspecified atom stereocenters. The second kappa shape index (κ2) is 9.35. The van der Waals surface area contributed by atoms with Crippen molar-refractivity contribution >= 4 is 28.8 Å². The van der Waals surface area contributed by atoms with Crippen LogP contribution < -0.4 is 9.47 Å². The zero-order valence-electron chi connectivity index (χ0n) is 17.2. The summed E-state index contributed by atoms with van der Waals surface area (Å²) >= 11 is 1.52. The molecule has 0 radical (unpaired) electrons. The van der Waals surface area contributed by atoms with E-state index in [9.17, 15) is 9.59 Å². The molecule has 0 aliphatic carbocycles. The van der Waals surface area contributed by atoms with Gasteiger partial charge in [-0.15, -0.1) is 0 Å². The lowest BCUT2D eigenvalue weighted by Crippen LogP contribution is -2.45. The van der Waals surface area contributed by atoms with Crippen molar-refractivity contribution in [2.24, 2.45) is 4.99 Å². The van der Waals surface area contributed by atoms with Gasteiger partial charge in [0, 0.05) is 12.2 Å². The average Bonchev–Trinajstić information content (AvgIpc) is 2.69. The molecule has 3 rings (SSSR count). The molecule has 0 saturated carbocycles. The molecule has 1 aromatic rings. The van der Waals surface area contributed by atoms with Crippen LogP contribution in [0, 0.1) is 0 Å². The van der Waals surface area contributed by atoms with Gasteiger partial charge in [0.25, 0.3) is 0 Å². The van der Waals surface area contributed by atoms with Crippen molar-refractivity contribution in [1.82, 2.24) is 4.90 Å². The molecule has 7 nitrogen and oxygen atoms in total. The van der Waals surface area contributed by atoms with Crippen LogP contribution in [-0.2, 0) is 14.3 Å². The van der Waals surface area contributed by atoms with Crippen molar-refractivity contribution in [3.05, 3.63) is 35.0 Å². The zero-order valence-corrected chi connectivity index (χ0v) is 18.0. The number of allylic oxidation sites excluding steroid dienone is 1. The maximum Gasteiger partial charge on any atom is 0.338 e. The fraction of sp³-hybridized carbons (Fsp3) is 0.476. The number of hydrogen-bond acceptors (Lipinski definition) is 7. The molecule has 0 N–H and O–H groups in total. The van der Waals surface area contributed by atoms with Gasteiger partial charge < -0.3 is 14.2 Å². The molecule has 0 aromatic heterocycles. The van der Waals surface area contributed by atoms with Gasteiger partial charge in [-0.1, -0.05) is 17.8 Å². The Morgan fingerprint density at radius 2 is 1.90 bits per heavy atom. The van der Waals surface area contributed by atoms with E-state index in [0.29, 0.717) is 53.3 Å². The first kappa shape index (κ1) is 21.2. The standard InChI is InChI=1S/C21H26N2O5S/c1-5-26-15-9-8-14(12-16(15)27-6-2)19-18(20(25)28-7-3)13(4)22-21-23(19)17(24)10-11-29-21/h8-9,12,19H,5-7,10-11H2,1-4H3. The van der Waals surface area contributed by atoms with Gasteiger partial charge in [0.05, 0.1) is 37.1 Å². The molecule has 2 aliphatic heterocycles. The number of rotatable bonds is 7. The molecule has 0 spiro atoms. The fourth-order valence-electron chi connectivity index (χ4n) is 3.42. The van der Waals surface area contributed by atoms with Crippen LogP contribution >= 0.6 is 11.8 Å². The number of esters is 1. The molecular weight excluding hydrogens is 392 g/mol. The summed E-state index contributed by atoms with van der Waals surface area (Å²) in [5.41, 5.74) is 1.69. The maximum atomic E-state index is 12.8. The van der Waals surface area contributed by atoms with Crippen LogP contribution in [0.4, 0.5) is 0 Å². The van der Waals surface area contributed by atoms with Gasteiger partial charge in [-0.25, -0.2) is 9.79 Å². The molecule has 0 bridgehead atoms. The molecule has 29 heavy (non-hydrogen) atoms. The Labute approximate surface area is 175 Å². The van der Waals surface area contributed by atoms with Crippen molar-refractivity contribution in [3.8, 4) is 11.5 Å². The molecule has 1 aromatic carbocycles. The molecular formula is C21H26N2O5S. The monoisotopic (exact) mass is 418 g/mol. The molecule has 8 heteroatoms. The number of fused-ring (bicyclic) bond motifs is 1. The van der Waals surface area contributed by atoms with Crippen molar-refractivity contribution in [2.75, 3.05) is 25.6 Å². The van der Waals surface area contributed by atoms with Gasteiger partial charge >= 0.3 is 5.97 Å². The van der Waals surface area contributed by atoms with Crippen molar-refractivity contribution in [1.29, 1.82) is 0 Å². The molecule has 156 valence electrons. The lowest BCUT2D eigenvalue weighted by atomic mass is 9.94. The lowest BCUT2D eigenvalue weighted by molar-refractivity contribution is -0.139. The number of benzene rings is 1. The van der Waals surface area contributed by atoms with E-state index in [1.165, 1.54) is 11.8 Å². The number of carbonyl (C=O) groups is 2. The Morgan fingerprint density at radius 1 is 1.17 bits per heavy atom. The fourth-order valence-corrected chi connectivity index (χ4v) is 4.43. The number of nitrogens with zero attached hydrogens (tertiary/aromatic N) is 2. The average molecular weight is 419 g/mol. The largest absolute Gasteiger partial charge is 0.490 e. The van der Waals surface area contributed by atoms with Crippen LogP contribution in [-0.4, -0.2) is 47.5 Å². The molecule has 1 saturated heterocycles. The minimum Gasteiger partial charge on any atom is -0.490 e. The van der Waals surface area contributed by atoms with E-state index in [-0.39, 0.29) is 12.5 Å². The van der Waals surface area contributed by atoms with Crippen LogP contribution in [0.2, 0.25) is 0 Å². The van der Waals surface area contributed by atoms with E-state index < -0.39 is 12.0 Å². The highest BCUT2D eigenvalue weighted by Crippen LogP contribution is 2.42. The van der Waals surface area contributed by atoms with Crippen LogP contribution in [0.3, 0.4) is 0 Å². The topological polar surface area (TPSA) is 77.4 Å². The van der Waals surface area contributed by atoms with Crippen molar-refractivity contribution < 1.29 is 23.8 Å². The predicted molar refractivity (Wildman–Crippen MR) is 112 cm³/mol. The molecule has 1 atom stereocenters. The van der Waals surface area contributed by atoms with E-state index in [1.807, 2.05) is 32.0 Å². The van der Waals surface area contributed by atoms with E-state index in [4.69, 9.17) is 14.2 Å². The summed E-state index contributed by atoms with van der Waals surface area (Å²) in [5.74, 6) is 1.35. The first-order valence-corrected chi connectivity index (χ1v) is 10.8. The van der Waals surface area contributed by atoms with Gasteiger partial charge in [-0.3, -0.25) is 9.69 Å². The Hall–Kier alpha value is -2.48. The predicted octanol–water partition coefficient (Wildman–Crippen LogP) is 3.70. The van der Waals surface area contributed by atoms with Gasteiger partial charge in [0.2, 0.25) is 5.91 Å². The highest BCUT2D eigenvalue weighted by Gasteiger charge is 2.41. The number of amides is 1. The quantitative estimate of drug-likeness (QED) is 0.629. The van der Waals surface area contributed by atoms with Crippen molar-refractivity contribution in [3.63, 3.8) is 0 Å². The molecule has 2 aliphatic rings. The molecule has 1 fully saturated rings. The smallest absolute Gasteiger partial charge is 0.338 e. The van der Waals surface area contributed by atoms with Crippen LogP contribution in [0.25, 0.3) is 0 Å².